The molecule has 0 bridgehead atoms. The summed E-state index contributed by atoms with van der Waals surface area (Å²) in [4.78, 5) is 12.8. The molecule has 2 heterocycles. The third kappa shape index (κ3) is 4.63. The summed E-state index contributed by atoms with van der Waals surface area (Å²) in [5, 5.41) is 7.90. The van der Waals surface area contributed by atoms with Gasteiger partial charge in [0.2, 0.25) is 0 Å². The molecular formula is C24H22ClN3O4. The number of nitrogens with one attached hydrogen (secondary N) is 1. The standard InChI is InChI=1S/C24H22ClN3O4/c1-15-11-23(28(27-15)18-6-4-5-17(25)14-18)26-24(29)22-10-8-20(32-22)13-16-12-19(30-2)7-9-21(16)31-3/h4-12,14H,13H2,1-3H3,(H,26,29). The van der Waals surface area contributed by atoms with Crippen LogP contribution in [0.4, 0.5) is 5.82 Å². The monoisotopic (exact) mass is 451 g/mol. The van der Waals surface area contributed by atoms with Gasteiger partial charge in [-0.2, -0.15) is 5.10 Å². The molecule has 0 saturated heterocycles. The highest BCUT2D eigenvalue weighted by molar-refractivity contribution is 6.30. The van der Waals surface area contributed by atoms with Crippen LogP contribution in [0.3, 0.4) is 0 Å². The van der Waals surface area contributed by atoms with Gasteiger partial charge in [0.15, 0.2) is 5.76 Å². The predicted octanol–water partition coefficient (Wildman–Crippen LogP) is 5.29. The largest absolute Gasteiger partial charge is 0.497 e. The maximum atomic E-state index is 12.8. The number of nitrogens with zero attached hydrogens (tertiary/aromatic N) is 2. The summed E-state index contributed by atoms with van der Waals surface area (Å²) in [6, 6.07) is 18.0. The molecule has 0 aliphatic heterocycles. The number of hydrogen-bond donors (Lipinski definition) is 1. The lowest BCUT2D eigenvalue weighted by Gasteiger charge is -2.09. The van der Waals surface area contributed by atoms with E-state index in [1.54, 1.807) is 49.2 Å². The zero-order chi connectivity index (χ0) is 22.7. The SMILES string of the molecule is COc1ccc(OC)c(Cc2ccc(C(=O)Nc3cc(C)nn3-c3cccc(Cl)c3)o2)c1. The van der Waals surface area contributed by atoms with Gasteiger partial charge < -0.3 is 19.2 Å². The Labute approximate surface area is 190 Å². The number of aromatic nitrogens is 2. The molecule has 4 rings (SSSR count). The molecule has 2 aromatic heterocycles. The number of aryl methyl sites for hydroxylation is 1. The van der Waals surface area contributed by atoms with Crippen molar-refractivity contribution in [3.8, 4) is 17.2 Å². The lowest BCUT2D eigenvalue weighted by Crippen LogP contribution is -2.14. The molecule has 4 aromatic rings. The average Bonchev–Trinajstić information content (AvgIpc) is 3.40. The maximum Gasteiger partial charge on any atom is 0.292 e. The van der Waals surface area contributed by atoms with Crippen molar-refractivity contribution < 1.29 is 18.7 Å². The van der Waals surface area contributed by atoms with E-state index < -0.39 is 0 Å². The van der Waals surface area contributed by atoms with Crippen molar-refractivity contribution in [2.45, 2.75) is 13.3 Å². The molecule has 164 valence electrons. The van der Waals surface area contributed by atoms with Crippen LogP contribution in [0.15, 0.2) is 65.1 Å². The van der Waals surface area contributed by atoms with Crippen molar-refractivity contribution in [2.75, 3.05) is 19.5 Å². The molecule has 0 atom stereocenters. The average molecular weight is 452 g/mol. The highest BCUT2D eigenvalue weighted by atomic mass is 35.5. The minimum Gasteiger partial charge on any atom is -0.497 e. The van der Waals surface area contributed by atoms with Crippen LogP contribution in [-0.4, -0.2) is 29.9 Å². The van der Waals surface area contributed by atoms with Crippen LogP contribution in [0.5, 0.6) is 11.5 Å². The molecular weight excluding hydrogens is 430 g/mol. The number of benzene rings is 2. The van der Waals surface area contributed by atoms with Crippen LogP contribution in [0.1, 0.15) is 27.6 Å². The van der Waals surface area contributed by atoms with Crippen LogP contribution in [0.25, 0.3) is 5.69 Å². The van der Waals surface area contributed by atoms with Crippen molar-refractivity contribution in [3.63, 3.8) is 0 Å². The van der Waals surface area contributed by atoms with Gasteiger partial charge in [-0.25, -0.2) is 4.68 Å². The first-order valence-corrected chi connectivity index (χ1v) is 10.3. The number of ether oxygens (including phenoxy) is 2. The number of anilines is 1. The lowest BCUT2D eigenvalue weighted by atomic mass is 10.1. The molecule has 2 aromatic carbocycles. The van der Waals surface area contributed by atoms with E-state index in [4.69, 9.17) is 25.5 Å². The van der Waals surface area contributed by atoms with Gasteiger partial charge in [0.1, 0.15) is 23.1 Å². The summed E-state index contributed by atoms with van der Waals surface area (Å²) in [6.45, 7) is 1.85. The Morgan fingerprint density at radius 1 is 1.09 bits per heavy atom. The minimum absolute atomic E-state index is 0.193. The number of amides is 1. The Morgan fingerprint density at radius 2 is 1.94 bits per heavy atom. The van der Waals surface area contributed by atoms with E-state index in [2.05, 4.69) is 10.4 Å². The Balaban J connectivity index is 1.54. The first-order valence-electron chi connectivity index (χ1n) is 9.90. The van der Waals surface area contributed by atoms with E-state index in [0.717, 1.165) is 22.7 Å². The third-order valence-electron chi connectivity index (χ3n) is 4.86. The number of methoxy groups -OCH3 is 2. The summed E-state index contributed by atoms with van der Waals surface area (Å²) in [5.74, 6) is 2.39. The highest BCUT2D eigenvalue weighted by Crippen LogP contribution is 2.27. The smallest absolute Gasteiger partial charge is 0.292 e. The van der Waals surface area contributed by atoms with E-state index in [1.807, 2.05) is 37.3 Å². The Kier molecular flexibility index (Phi) is 6.18. The van der Waals surface area contributed by atoms with Gasteiger partial charge in [-0.1, -0.05) is 17.7 Å². The number of carbonyl (C=O) groups excluding carboxylic acids is 1. The van der Waals surface area contributed by atoms with Crippen LogP contribution in [0, 0.1) is 6.92 Å². The fourth-order valence-electron chi connectivity index (χ4n) is 3.37. The summed E-state index contributed by atoms with van der Waals surface area (Å²) in [6.07, 6.45) is 0.452. The molecule has 0 aliphatic rings. The van der Waals surface area contributed by atoms with Gasteiger partial charge >= 0.3 is 0 Å². The Morgan fingerprint density at radius 3 is 2.69 bits per heavy atom. The highest BCUT2D eigenvalue weighted by Gasteiger charge is 2.17. The first kappa shape index (κ1) is 21.5. The van der Waals surface area contributed by atoms with Gasteiger partial charge in [0.05, 0.1) is 25.6 Å². The molecule has 0 unspecified atom stereocenters. The van der Waals surface area contributed by atoms with Gasteiger partial charge in [0, 0.05) is 23.1 Å². The summed E-state index contributed by atoms with van der Waals surface area (Å²) in [7, 11) is 3.22. The number of halogens is 1. The van der Waals surface area contributed by atoms with E-state index in [-0.39, 0.29) is 11.7 Å². The summed E-state index contributed by atoms with van der Waals surface area (Å²) in [5.41, 5.74) is 2.39. The molecule has 32 heavy (non-hydrogen) atoms. The minimum atomic E-state index is -0.378. The number of rotatable bonds is 7. The Bertz CT molecular complexity index is 1260. The van der Waals surface area contributed by atoms with E-state index in [0.29, 0.717) is 28.8 Å². The van der Waals surface area contributed by atoms with Crippen molar-refractivity contribution >= 4 is 23.3 Å². The van der Waals surface area contributed by atoms with E-state index in [9.17, 15) is 4.79 Å². The predicted molar refractivity (Wildman–Crippen MR) is 122 cm³/mol. The number of carbonyl (C=O) groups is 1. The second-order valence-corrected chi connectivity index (χ2v) is 7.57. The maximum absolute atomic E-state index is 12.8. The molecule has 0 radical (unpaired) electrons. The van der Waals surface area contributed by atoms with E-state index >= 15 is 0 Å². The molecule has 0 fully saturated rings. The molecule has 0 saturated carbocycles. The second kappa shape index (κ2) is 9.20. The normalized spacial score (nSPS) is 10.8. The zero-order valence-electron chi connectivity index (χ0n) is 17.9. The quantitative estimate of drug-likeness (QED) is 0.413. The van der Waals surface area contributed by atoms with Crippen molar-refractivity contribution in [3.05, 3.63) is 88.5 Å². The molecule has 8 heteroatoms. The lowest BCUT2D eigenvalue weighted by molar-refractivity contribution is 0.0994. The fraction of sp³-hybridized carbons (Fsp3) is 0.167. The Hall–Kier alpha value is -3.71. The topological polar surface area (TPSA) is 78.5 Å². The van der Waals surface area contributed by atoms with Gasteiger partial charge in [-0.15, -0.1) is 0 Å². The first-order chi connectivity index (χ1) is 15.5. The molecule has 0 spiro atoms. The molecule has 0 aliphatic carbocycles. The fourth-order valence-corrected chi connectivity index (χ4v) is 3.56. The molecule has 1 N–H and O–H groups in total. The van der Waals surface area contributed by atoms with Crippen LogP contribution in [-0.2, 0) is 6.42 Å². The van der Waals surface area contributed by atoms with Crippen LogP contribution < -0.4 is 14.8 Å². The molecule has 7 nitrogen and oxygen atoms in total. The van der Waals surface area contributed by atoms with E-state index in [1.165, 1.54) is 0 Å². The van der Waals surface area contributed by atoms with Gasteiger partial charge in [-0.05, 0) is 55.5 Å². The summed E-state index contributed by atoms with van der Waals surface area (Å²) < 4.78 is 18.1. The van der Waals surface area contributed by atoms with Gasteiger partial charge in [0.25, 0.3) is 5.91 Å². The van der Waals surface area contributed by atoms with Crippen molar-refractivity contribution in [1.82, 2.24) is 9.78 Å². The van der Waals surface area contributed by atoms with Crippen molar-refractivity contribution in [2.24, 2.45) is 0 Å². The van der Waals surface area contributed by atoms with Crippen LogP contribution >= 0.6 is 11.6 Å². The zero-order valence-corrected chi connectivity index (χ0v) is 18.6. The van der Waals surface area contributed by atoms with Gasteiger partial charge in [-0.3, -0.25) is 4.79 Å². The number of furan rings is 1. The summed E-state index contributed by atoms with van der Waals surface area (Å²) >= 11 is 6.11. The van der Waals surface area contributed by atoms with Crippen molar-refractivity contribution in [1.29, 1.82) is 0 Å². The number of hydrogen-bond acceptors (Lipinski definition) is 5. The van der Waals surface area contributed by atoms with Crippen LogP contribution in [0.2, 0.25) is 5.02 Å². The molecule has 1 amide bonds. The second-order valence-electron chi connectivity index (χ2n) is 7.14. The third-order valence-corrected chi connectivity index (χ3v) is 5.10.